The van der Waals surface area contributed by atoms with Gasteiger partial charge in [0.15, 0.2) is 0 Å². The molecule has 29 heavy (non-hydrogen) atoms. The molecule has 0 bridgehead atoms. The van der Waals surface area contributed by atoms with Gasteiger partial charge < -0.3 is 10.4 Å². The lowest BCUT2D eigenvalue weighted by Crippen LogP contribution is -2.18. The highest BCUT2D eigenvalue weighted by atomic mass is 79.9. The quantitative estimate of drug-likeness (QED) is 0.331. The van der Waals surface area contributed by atoms with Gasteiger partial charge in [-0.05, 0) is 66.7 Å². The number of phenolic OH excluding ortho intramolecular Hbond substituents is 1. The van der Waals surface area contributed by atoms with Crippen LogP contribution in [0.1, 0.15) is 26.3 Å². The smallest absolute Gasteiger partial charge is 0.271 e. The van der Waals surface area contributed by atoms with Crippen LogP contribution in [-0.2, 0) is 0 Å². The number of amides is 2. The van der Waals surface area contributed by atoms with Crippen LogP contribution < -0.4 is 10.7 Å². The SMILES string of the molecule is O=C(N/N=C\c1cc(Br)ccc1O)c1ccc(NC(=O)c2ccc(Br)cc2)cc1. The zero-order valence-electron chi connectivity index (χ0n) is 14.9. The first-order valence-corrected chi connectivity index (χ1v) is 10.00. The molecule has 2 amide bonds. The van der Waals surface area contributed by atoms with E-state index in [2.05, 4.69) is 47.7 Å². The van der Waals surface area contributed by atoms with Gasteiger partial charge in [0.05, 0.1) is 6.21 Å². The Bertz CT molecular complexity index is 1070. The van der Waals surface area contributed by atoms with Gasteiger partial charge in [0.1, 0.15) is 5.75 Å². The van der Waals surface area contributed by atoms with Crippen molar-refractivity contribution in [3.8, 4) is 5.75 Å². The Balaban J connectivity index is 1.59. The Morgan fingerprint density at radius 1 is 0.828 bits per heavy atom. The number of nitrogens with zero attached hydrogens (tertiary/aromatic N) is 1. The lowest BCUT2D eigenvalue weighted by Gasteiger charge is -2.06. The number of hydrogen-bond acceptors (Lipinski definition) is 4. The van der Waals surface area contributed by atoms with E-state index >= 15 is 0 Å². The molecule has 0 aliphatic rings. The summed E-state index contributed by atoms with van der Waals surface area (Å²) in [4.78, 5) is 24.4. The van der Waals surface area contributed by atoms with Crippen LogP contribution in [0.3, 0.4) is 0 Å². The van der Waals surface area contributed by atoms with Crippen LogP contribution in [0.4, 0.5) is 5.69 Å². The van der Waals surface area contributed by atoms with E-state index in [1.165, 1.54) is 12.3 Å². The Kier molecular flexibility index (Phi) is 6.79. The number of aromatic hydroxyl groups is 1. The summed E-state index contributed by atoms with van der Waals surface area (Å²) in [5.74, 6) is -0.605. The molecule has 0 spiro atoms. The van der Waals surface area contributed by atoms with Gasteiger partial charge in [-0.25, -0.2) is 5.43 Å². The van der Waals surface area contributed by atoms with Crippen LogP contribution >= 0.6 is 31.9 Å². The molecule has 0 aromatic heterocycles. The van der Waals surface area contributed by atoms with E-state index in [4.69, 9.17) is 0 Å². The predicted octanol–water partition coefficient (Wildman–Crippen LogP) is 4.93. The summed E-state index contributed by atoms with van der Waals surface area (Å²) in [6.07, 6.45) is 1.35. The van der Waals surface area contributed by atoms with Crippen molar-refractivity contribution in [1.29, 1.82) is 0 Å². The van der Waals surface area contributed by atoms with E-state index in [0.717, 1.165) is 8.95 Å². The number of benzene rings is 3. The maximum atomic E-state index is 12.2. The van der Waals surface area contributed by atoms with Crippen molar-refractivity contribution in [2.75, 3.05) is 5.32 Å². The molecule has 146 valence electrons. The molecule has 3 N–H and O–H groups in total. The van der Waals surface area contributed by atoms with Crippen LogP contribution in [0.2, 0.25) is 0 Å². The van der Waals surface area contributed by atoms with Crippen LogP contribution in [0.5, 0.6) is 5.75 Å². The fourth-order valence-corrected chi connectivity index (χ4v) is 3.01. The van der Waals surface area contributed by atoms with E-state index in [-0.39, 0.29) is 11.7 Å². The number of anilines is 1. The minimum atomic E-state index is -0.415. The normalized spacial score (nSPS) is 10.7. The number of rotatable bonds is 5. The summed E-state index contributed by atoms with van der Waals surface area (Å²) < 4.78 is 1.67. The highest BCUT2D eigenvalue weighted by molar-refractivity contribution is 9.10. The molecule has 0 aliphatic heterocycles. The van der Waals surface area contributed by atoms with Gasteiger partial charge in [-0.15, -0.1) is 0 Å². The van der Waals surface area contributed by atoms with E-state index in [1.807, 2.05) is 0 Å². The molecule has 3 rings (SSSR count). The monoisotopic (exact) mass is 515 g/mol. The lowest BCUT2D eigenvalue weighted by molar-refractivity contribution is 0.0954. The zero-order chi connectivity index (χ0) is 20.8. The number of halogens is 2. The van der Waals surface area contributed by atoms with Crippen molar-refractivity contribution in [2.24, 2.45) is 5.10 Å². The average Bonchev–Trinajstić information content (AvgIpc) is 2.71. The van der Waals surface area contributed by atoms with Crippen molar-refractivity contribution < 1.29 is 14.7 Å². The van der Waals surface area contributed by atoms with Crippen molar-refractivity contribution in [2.45, 2.75) is 0 Å². The Morgan fingerprint density at radius 3 is 2.10 bits per heavy atom. The van der Waals surface area contributed by atoms with Gasteiger partial charge in [0.2, 0.25) is 0 Å². The molecule has 0 radical (unpaired) electrons. The highest BCUT2D eigenvalue weighted by Crippen LogP contribution is 2.20. The van der Waals surface area contributed by atoms with Gasteiger partial charge in [-0.2, -0.15) is 5.10 Å². The second-order valence-corrected chi connectivity index (χ2v) is 7.77. The molecule has 0 unspecified atom stereocenters. The summed E-state index contributed by atoms with van der Waals surface area (Å²) in [7, 11) is 0. The van der Waals surface area contributed by atoms with E-state index in [9.17, 15) is 14.7 Å². The summed E-state index contributed by atoms with van der Waals surface area (Å²) in [6, 6.07) is 18.3. The first-order valence-electron chi connectivity index (χ1n) is 8.41. The summed E-state index contributed by atoms with van der Waals surface area (Å²) in [6.45, 7) is 0. The third-order valence-corrected chi connectivity index (χ3v) is 4.89. The van der Waals surface area contributed by atoms with Gasteiger partial charge in [-0.1, -0.05) is 31.9 Å². The second kappa shape index (κ2) is 9.49. The van der Waals surface area contributed by atoms with Crippen molar-refractivity contribution >= 4 is 55.6 Å². The third kappa shape index (κ3) is 5.75. The maximum absolute atomic E-state index is 12.2. The molecule has 8 heteroatoms. The first-order chi connectivity index (χ1) is 13.9. The second-order valence-electron chi connectivity index (χ2n) is 5.94. The number of hydrazone groups is 1. The van der Waals surface area contributed by atoms with Gasteiger partial charge in [0.25, 0.3) is 11.8 Å². The number of hydrogen-bond donors (Lipinski definition) is 3. The molecule has 6 nitrogen and oxygen atoms in total. The number of carbonyl (C=O) groups excluding carboxylic acids is 2. The largest absolute Gasteiger partial charge is 0.507 e. The molecule has 0 heterocycles. The zero-order valence-corrected chi connectivity index (χ0v) is 18.1. The Morgan fingerprint density at radius 2 is 1.41 bits per heavy atom. The molecule has 0 fully saturated rings. The van der Waals surface area contributed by atoms with Crippen LogP contribution in [0, 0.1) is 0 Å². The first kappa shape index (κ1) is 20.8. The Labute approximate surface area is 183 Å². The summed E-state index contributed by atoms with van der Waals surface area (Å²) in [5.41, 5.74) is 4.33. The van der Waals surface area contributed by atoms with Crippen LogP contribution in [0.15, 0.2) is 80.8 Å². The molecule has 3 aromatic carbocycles. The molecule has 3 aromatic rings. The predicted molar refractivity (Wildman–Crippen MR) is 119 cm³/mol. The van der Waals surface area contributed by atoms with Crippen LogP contribution in [-0.4, -0.2) is 23.1 Å². The van der Waals surface area contributed by atoms with E-state index in [0.29, 0.717) is 22.4 Å². The molecule has 0 aliphatic carbocycles. The topological polar surface area (TPSA) is 90.8 Å². The molecular weight excluding hydrogens is 502 g/mol. The van der Waals surface area contributed by atoms with Gasteiger partial charge in [0, 0.05) is 31.3 Å². The minimum absolute atomic E-state index is 0.0528. The lowest BCUT2D eigenvalue weighted by atomic mass is 10.1. The number of carbonyl (C=O) groups is 2. The van der Waals surface area contributed by atoms with E-state index < -0.39 is 5.91 Å². The highest BCUT2D eigenvalue weighted by Gasteiger charge is 2.08. The van der Waals surface area contributed by atoms with Crippen molar-refractivity contribution in [3.63, 3.8) is 0 Å². The number of nitrogens with one attached hydrogen (secondary N) is 2. The Hall–Kier alpha value is -2.97. The number of phenols is 1. The van der Waals surface area contributed by atoms with Crippen molar-refractivity contribution in [1.82, 2.24) is 5.43 Å². The fraction of sp³-hybridized carbons (Fsp3) is 0. The summed E-state index contributed by atoms with van der Waals surface area (Å²) >= 11 is 6.63. The molecule has 0 saturated carbocycles. The van der Waals surface area contributed by atoms with Crippen molar-refractivity contribution in [3.05, 3.63) is 92.4 Å². The molecule has 0 saturated heterocycles. The van der Waals surface area contributed by atoms with E-state index in [1.54, 1.807) is 60.7 Å². The maximum Gasteiger partial charge on any atom is 0.271 e. The minimum Gasteiger partial charge on any atom is -0.507 e. The molecule has 0 atom stereocenters. The third-order valence-electron chi connectivity index (χ3n) is 3.87. The van der Waals surface area contributed by atoms with Gasteiger partial charge >= 0.3 is 0 Å². The van der Waals surface area contributed by atoms with Gasteiger partial charge in [-0.3, -0.25) is 9.59 Å². The fourth-order valence-electron chi connectivity index (χ4n) is 2.36. The summed E-state index contributed by atoms with van der Waals surface area (Å²) in [5, 5.41) is 16.4. The van der Waals surface area contributed by atoms with Crippen LogP contribution in [0.25, 0.3) is 0 Å². The standard InChI is InChI=1S/C21H15Br2N3O3/c22-16-5-1-13(2-6-16)20(28)25-18-8-3-14(4-9-18)21(29)26-24-12-15-11-17(23)7-10-19(15)27/h1-12,27H,(H,25,28)(H,26,29)/b24-12-. The molecular formula is C21H15Br2N3O3. The average molecular weight is 517 g/mol.